The zero-order valence-corrected chi connectivity index (χ0v) is 12.0. The topological polar surface area (TPSA) is 32.7 Å². The second-order valence-electron chi connectivity index (χ2n) is 5.41. The maximum atomic E-state index is 9.60. The second kappa shape index (κ2) is 6.92. The summed E-state index contributed by atoms with van der Waals surface area (Å²) in [4.78, 5) is 2.49. The molecule has 0 radical (unpaired) electrons. The normalized spacial score (nSPS) is 18.7. The van der Waals surface area contributed by atoms with Gasteiger partial charge in [-0.15, -0.1) is 0 Å². The average molecular weight is 263 g/mol. The Labute approximate surface area is 116 Å². The van der Waals surface area contributed by atoms with Gasteiger partial charge in [0.25, 0.3) is 0 Å². The van der Waals surface area contributed by atoms with Gasteiger partial charge in [0.1, 0.15) is 5.75 Å². The van der Waals surface area contributed by atoms with E-state index in [1.54, 1.807) is 6.07 Å². The molecule has 1 fully saturated rings. The number of phenolic OH excluding ortho intramolecular Hbond substituents is 1. The lowest BCUT2D eigenvalue weighted by atomic mass is 9.97. The van der Waals surface area contributed by atoms with Gasteiger partial charge in [0.2, 0.25) is 0 Å². The van der Waals surface area contributed by atoms with Crippen LogP contribution < -0.4 is 0 Å². The first-order valence-corrected chi connectivity index (χ1v) is 7.31. The van der Waals surface area contributed by atoms with Crippen molar-refractivity contribution >= 4 is 0 Å². The van der Waals surface area contributed by atoms with Gasteiger partial charge in [-0.1, -0.05) is 19.1 Å². The van der Waals surface area contributed by atoms with Gasteiger partial charge in [-0.25, -0.2) is 0 Å². The van der Waals surface area contributed by atoms with Crippen molar-refractivity contribution in [3.63, 3.8) is 0 Å². The van der Waals surface area contributed by atoms with Crippen LogP contribution in [0.4, 0.5) is 0 Å². The smallest absolute Gasteiger partial charge is 0.115 e. The summed E-state index contributed by atoms with van der Waals surface area (Å²) < 4.78 is 5.42. The Morgan fingerprint density at radius 1 is 1.37 bits per heavy atom. The van der Waals surface area contributed by atoms with Gasteiger partial charge >= 0.3 is 0 Å². The van der Waals surface area contributed by atoms with Crippen LogP contribution in [-0.4, -0.2) is 36.3 Å². The number of hydrogen-bond donors (Lipinski definition) is 1. The first-order chi connectivity index (χ1) is 9.20. The summed E-state index contributed by atoms with van der Waals surface area (Å²) in [5.74, 6) is 1.10. The minimum absolute atomic E-state index is 0.347. The lowest BCUT2D eigenvalue weighted by Crippen LogP contribution is -2.34. The molecule has 106 valence electrons. The van der Waals surface area contributed by atoms with Gasteiger partial charge in [0.15, 0.2) is 0 Å². The minimum atomic E-state index is 0.347. The van der Waals surface area contributed by atoms with Gasteiger partial charge in [0.05, 0.1) is 0 Å². The summed E-state index contributed by atoms with van der Waals surface area (Å²) >= 11 is 0. The fraction of sp³-hybridized carbons (Fsp3) is 0.625. The van der Waals surface area contributed by atoms with Crippen LogP contribution >= 0.6 is 0 Å². The molecule has 0 aliphatic carbocycles. The molecule has 19 heavy (non-hydrogen) atoms. The molecular formula is C16H25NO2. The van der Waals surface area contributed by atoms with Crippen molar-refractivity contribution in [3.05, 3.63) is 29.8 Å². The highest BCUT2D eigenvalue weighted by molar-refractivity contribution is 5.29. The Kier molecular flexibility index (Phi) is 5.23. The highest BCUT2D eigenvalue weighted by Crippen LogP contribution is 2.26. The fourth-order valence-corrected chi connectivity index (χ4v) is 2.82. The molecule has 0 amide bonds. The van der Waals surface area contributed by atoms with Crippen LogP contribution in [-0.2, 0) is 4.74 Å². The number of rotatable bonds is 5. The van der Waals surface area contributed by atoms with E-state index in [1.807, 2.05) is 12.1 Å². The molecule has 1 heterocycles. The van der Waals surface area contributed by atoms with E-state index in [4.69, 9.17) is 4.74 Å². The quantitative estimate of drug-likeness (QED) is 0.885. The van der Waals surface area contributed by atoms with E-state index >= 15 is 0 Å². The third-order valence-corrected chi connectivity index (χ3v) is 4.14. The van der Waals surface area contributed by atoms with Gasteiger partial charge in [-0.3, -0.25) is 4.90 Å². The lowest BCUT2D eigenvalue weighted by molar-refractivity contribution is 0.0474. The van der Waals surface area contributed by atoms with Crippen molar-refractivity contribution in [1.29, 1.82) is 0 Å². The Hall–Kier alpha value is -1.06. The zero-order chi connectivity index (χ0) is 13.7. The van der Waals surface area contributed by atoms with E-state index in [-0.39, 0.29) is 0 Å². The average Bonchev–Trinajstić information content (AvgIpc) is 2.45. The molecule has 1 aromatic carbocycles. The van der Waals surface area contributed by atoms with E-state index in [1.165, 1.54) is 18.4 Å². The van der Waals surface area contributed by atoms with Crippen LogP contribution in [0.15, 0.2) is 24.3 Å². The highest BCUT2D eigenvalue weighted by Gasteiger charge is 2.21. The predicted octanol–water partition coefficient (Wildman–Crippen LogP) is 3.20. The van der Waals surface area contributed by atoms with Gasteiger partial charge in [0, 0.05) is 25.8 Å². The molecule has 1 aliphatic rings. The Balaban J connectivity index is 1.99. The molecule has 0 spiro atoms. The molecule has 2 rings (SSSR count). The molecule has 1 N–H and O–H groups in total. The van der Waals surface area contributed by atoms with Crippen LogP contribution in [0.2, 0.25) is 0 Å². The van der Waals surface area contributed by atoms with Crippen molar-refractivity contribution < 1.29 is 9.84 Å². The maximum Gasteiger partial charge on any atom is 0.115 e. The van der Waals surface area contributed by atoms with Crippen molar-refractivity contribution in [3.8, 4) is 5.75 Å². The third kappa shape index (κ3) is 3.95. The Morgan fingerprint density at radius 3 is 2.74 bits per heavy atom. The maximum absolute atomic E-state index is 9.60. The van der Waals surface area contributed by atoms with E-state index in [0.717, 1.165) is 32.2 Å². The first-order valence-electron chi connectivity index (χ1n) is 7.31. The van der Waals surface area contributed by atoms with E-state index in [2.05, 4.69) is 24.8 Å². The molecule has 3 heteroatoms. The number of aromatic hydroxyl groups is 1. The number of hydrogen-bond acceptors (Lipinski definition) is 3. The summed E-state index contributed by atoms with van der Waals surface area (Å²) in [5, 5.41) is 9.60. The van der Waals surface area contributed by atoms with E-state index < -0.39 is 0 Å². The third-order valence-electron chi connectivity index (χ3n) is 4.14. The summed E-state index contributed by atoms with van der Waals surface area (Å²) in [7, 11) is 0. The van der Waals surface area contributed by atoms with Gasteiger partial charge < -0.3 is 9.84 Å². The van der Waals surface area contributed by atoms with Crippen molar-refractivity contribution in [1.82, 2.24) is 4.90 Å². The van der Waals surface area contributed by atoms with Crippen LogP contribution in [0.5, 0.6) is 5.75 Å². The summed E-state index contributed by atoms with van der Waals surface area (Å²) in [6.45, 7) is 8.40. The predicted molar refractivity (Wildman–Crippen MR) is 77.3 cm³/mol. The standard InChI is InChI=1S/C16H25NO2/c1-3-17(12-14-7-9-19-10-8-14)13(2)15-5-4-6-16(18)11-15/h4-6,11,13-14,18H,3,7-10,12H2,1-2H3. The van der Waals surface area contributed by atoms with Crippen LogP contribution in [0.25, 0.3) is 0 Å². The second-order valence-corrected chi connectivity index (χ2v) is 5.41. The van der Waals surface area contributed by atoms with E-state index in [0.29, 0.717) is 11.8 Å². The summed E-state index contributed by atoms with van der Waals surface area (Å²) in [6, 6.07) is 7.96. The number of benzene rings is 1. The number of phenols is 1. The number of ether oxygens (including phenoxy) is 1. The Morgan fingerprint density at radius 2 is 2.11 bits per heavy atom. The lowest BCUT2D eigenvalue weighted by Gasteiger charge is -2.33. The molecule has 0 saturated carbocycles. The molecule has 1 aliphatic heterocycles. The molecule has 1 atom stereocenters. The van der Waals surface area contributed by atoms with Crippen molar-refractivity contribution in [2.75, 3.05) is 26.3 Å². The summed E-state index contributed by atoms with van der Waals surface area (Å²) in [6.07, 6.45) is 2.34. The van der Waals surface area contributed by atoms with Crippen LogP contribution in [0.3, 0.4) is 0 Å². The van der Waals surface area contributed by atoms with Gasteiger partial charge in [-0.2, -0.15) is 0 Å². The molecule has 0 bridgehead atoms. The van der Waals surface area contributed by atoms with Gasteiger partial charge in [-0.05, 0) is 49.9 Å². The summed E-state index contributed by atoms with van der Waals surface area (Å²) in [5.41, 5.74) is 1.19. The Bertz CT molecular complexity index is 388. The number of nitrogens with zero attached hydrogens (tertiary/aromatic N) is 1. The van der Waals surface area contributed by atoms with Crippen LogP contribution in [0, 0.1) is 5.92 Å². The molecule has 1 saturated heterocycles. The highest BCUT2D eigenvalue weighted by atomic mass is 16.5. The van der Waals surface area contributed by atoms with Crippen molar-refractivity contribution in [2.24, 2.45) is 5.92 Å². The molecule has 1 aromatic rings. The van der Waals surface area contributed by atoms with Crippen LogP contribution in [0.1, 0.15) is 38.3 Å². The fourth-order valence-electron chi connectivity index (χ4n) is 2.82. The molecular weight excluding hydrogens is 238 g/mol. The monoisotopic (exact) mass is 263 g/mol. The SMILES string of the molecule is CCN(CC1CCOCC1)C(C)c1cccc(O)c1. The largest absolute Gasteiger partial charge is 0.508 e. The van der Waals surface area contributed by atoms with Crippen molar-refractivity contribution in [2.45, 2.75) is 32.7 Å². The first kappa shape index (κ1) is 14.4. The molecule has 1 unspecified atom stereocenters. The zero-order valence-electron chi connectivity index (χ0n) is 12.0. The minimum Gasteiger partial charge on any atom is -0.508 e. The molecule has 3 nitrogen and oxygen atoms in total. The van der Waals surface area contributed by atoms with E-state index in [9.17, 15) is 5.11 Å². The molecule has 0 aromatic heterocycles.